The van der Waals surface area contributed by atoms with Crippen LogP contribution in [0.3, 0.4) is 0 Å². The summed E-state index contributed by atoms with van der Waals surface area (Å²) in [5.41, 5.74) is 2.93. The van der Waals surface area contributed by atoms with Crippen LogP contribution >= 0.6 is 0 Å². The molecule has 0 heterocycles. The molecule has 6 nitrogen and oxygen atoms in total. The lowest BCUT2D eigenvalue weighted by molar-refractivity contribution is 0.102. The molecule has 0 radical (unpaired) electrons. The molecule has 0 aromatic heterocycles. The Morgan fingerprint density at radius 2 is 1.57 bits per heavy atom. The minimum Gasteiger partial charge on any atom is -0.497 e. The third kappa shape index (κ3) is 6.10. The zero-order chi connectivity index (χ0) is 21.3. The highest BCUT2D eigenvalue weighted by atomic mass is 16.5. The minimum absolute atomic E-state index is 0.0620. The Labute approximate surface area is 176 Å². The fourth-order valence-electron chi connectivity index (χ4n) is 3.02. The lowest BCUT2D eigenvalue weighted by Crippen LogP contribution is -2.37. The largest absolute Gasteiger partial charge is 0.497 e. The highest BCUT2D eigenvalue weighted by molar-refractivity contribution is 6.04. The standard InChI is InChI=1S/C24H25N3O3/c1-17(15-18-7-6-10-22(16-18)30-2)25-24(29)27-21-13-11-19(12-14-21)23(28)26-20-8-4-3-5-9-20/h3-14,16-17H,15H2,1-2H3,(H,26,28)(H2,25,27,29). The SMILES string of the molecule is COc1cccc(CC(C)NC(=O)Nc2ccc(C(=O)Nc3ccccc3)cc2)c1. The fraction of sp³-hybridized carbons (Fsp3) is 0.167. The monoisotopic (exact) mass is 403 g/mol. The normalized spacial score (nSPS) is 11.3. The molecule has 0 saturated heterocycles. The van der Waals surface area contributed by atoms with E-state index < -0.39 is 0 Å². The topological polar surface area (TPSA) is 79.5 Å². The van der Waals surface area contributed by atoms with Gasteiger partial charge in [-0.3, -0.25) is 4.79 Å². The van der Waals surface area contributed by atoms with Crippen LogP contribution in [0.4, 0.5) is 16.2 Å². The Hall–Kier alpha value is -3.80. The third-order valence-electron chi connectivity index (χ3n) is 4.49. The summed E-state index contributed by atoms with van der Waals surface area (Å²) in [6, 6.07) is 23.4. The number of rotatable bonds is 7. The van der Waals surface area contributed by atoms with Crippen molar-refractivity contribution >= 4 is 23.3 Å². The van der Waals surface area contributed by atoms with Crippen LogP contribution in [0, 0.1) is 0 Å². The zero-order valence-corrected chi connectivity index (χ0v) is 17.0. The van der Waals surface area contributed by atoms with E-state index in [0.29, 0.717) is 17.7 Å². The number of hydrogen-bond donors (Lipinski definition) is 3. The first-order chi connectivity index (χ1) is 14.5. The van der Waals surface area contributed by atoms with Crippen molar-refractivity contribution < 1.29 is 14.3 Å². The van der Waals surface area contributed by atoms with Gasteiger partial charge >= 0.3 is 6.03 Å². The first kappa shape index (κ1) is 20.9. The number of benzene rings is 3. The molecule has 154 valence electrons. The van der Waals surface area contributed by atoms with Gasteiger partial charge in [0, 0.05) is 23.0 Å². The second-order valence-corrected chi connectivity index (χ2v) is 6.95. The van der Waals surface area contributed by atoms with Crippen LogP contribution in [0.1, 0.15) is 22.8 Å². The quantitative estimate of drug-likeness (QED) is 0.535. The molecule has 0 fully saturated rings. The van der Waals surface area contributed by atoms with E-state index in [2.05, 4.69) is 16.0 Å². The molecular formula is C24H25N3O3. The first-order valence-electron chi connectivity index (χ1n) is 9.70. The van der Waals surface area contributed by atoms with Gasteiger partial charge in [0.15, 0.2) is 0 Å². The maximum absolute atomic E-state index is 12.3. The summed E-state index contributed by atoms with van der Waals surface area (Å²) >= 11 is 0. The molecule has 0 aliphatic heterocycles. The van der Waals surface area contributed by atoms with Gasteiger partial charge in [-0.1, -0.05) is 30.3 Å². The molecule has 6 heteroatoms. The Bertz CT molecular complexity index is 988. The Morgan fingerprint density at radius 3 is 2.27 bits per heavy atom. The van der Waals surface area contributed by atoms with Gasteiger partial charge in [0.05, 0.1) is 7.11 Å². The van der Waals surface area contributed by atoms with Gasteiger partial charge in [0.1, 0.15) is 5.75 Å². The van der Waals surface area contributed by atoms with Crippen molar-refractivity contribution in [1.29, 1.82) is 0 Å². The number of hydrogen-bond acceptors (Lipinski definition) is 3. The predicted molar refractivity (Wildman–Crippen MR) is 119 cm³/mol. The lowest BCUT2D eigenvalue weighted by Gasteiger charge is -2.15. The average Bonchev–Trinajstić information content (AvgIpc) is 2.75. The molecule has 3 aromatic rings. The summed E-state index contributed by atoms with van der Waals surface area (Å²) in [6.45, 7) is 1.94. The second-order valence-electron chi connectivity index (χ2n) is 6.95. The number of carbonyl (C=O) groups excluding carboxylic acids is 2. The molecule has 0 aliphatic rings. The van der Waals surface area contributed by atoms with Crippen LogP contribution in [0.2, 0.25) is 0 Å². The van der Waals surface area contributed by atoms with E-state index in [9.17, 15) is 9.59 Å². The van der Waals surface area contributed by atoms with Crippen molar-refractivity contribution in [2.24, 2.45) is 0 Å². The molecule has 0 aliphatic carbocycles. The molecule has 1 unspecified atom stereocenters. The minimum atomic E-state index is -0.299. The van der Waals surface area contributed by atoms with Gasteiger partial charge in [0.25, 0.3) is 5.91 Å². The number of nitrogens with one attached hydrogen (secondary N) is 3. The predicted octanol–water partition coefficient (Wildman–Crippen LogP) is 4.70. The number of methoxy groups -OCH3 is 1. The number of urea groups is 1. The molecular weight excluding hydrogens is 378 g/mol. The van der Waals surface area contributed by atoms with Gasteiger partial charge < -0.3 is 20.7 Å². The van der Waals surface area contributed by atoms with E-state index in [4.69, 9.17) is 4.74 Å². The third-order valence-corrected chi connectivity index (χ3v) is 4.49. The smallest absolute Gasteiger partial charge is 0.319 e. The number of anilines is 2. The van der Waals surface area contributed by atoms with Crippen LogP contribution in [-0.2, 0) is 6.42 Å². The fourth-order valence-corrected chi connectivity index (χ4v) is 3.02. The second kappa shape index (κ2) is 10.1. The highest BCUT2D eigenvalue weighted by Crippen LogP contribution is 2.15. The Balaban J connectivity index is 1.50. The molecule has 3 aromatic carbocycles. The van der Waals surface area contributed by atoms with E-state index in [1.807, 2.05) is 61.5 Å². The van der Waals surface area contributed by atoms with Crippen molar-refractivity contribution in [3.05, 3.63) is 90.0 Å². The van der Waals surface area contributed by atoms with Crippen LogP contribution in [0.15, 0.2) is 78.9 Å². The van der Waals surface area contributed by atoms with Crippen molar-refractivity contribution in [2.75, 3.05) is 17.7 Å². The molecule has 1 atom stereocenters. The van der Waals surface area contributed by atoms with Gasteiger partial charge in [-0.05, 0) is 67.4 Å². The van der Waals surface area contributed by atoms with Gasteiger partial charge in [-0.15, -0.1) is 0 Å². The summed E-state index contributed by atoms with van der Waals surface area (Å²) in [5.74, 6) is 0.588. The Morgan fingerprint density at radius 1 is 0.867 bits per heavy atom. The van der Waals surface area contributed by atoms with Crippen LogP contribution in [0.25, 0.3) is 0 Å². The van der Waals surface area contributed by atoms with Crippen LogP contribution in [0.5, 0.6) is 5.75 Å². The highest BCUT2D eigenvalue weighted by Gasteiger charge is 2.10. The Kier molecular flexibility index (Phi) is 7.05. The van der Waals surface area contributed by atoms with E-state index in [1.165, 1.54) is 0 Å². The first-order valence-corrected chi connectivity index (χ1v) is 9.70. The van der Waals surface area contributed by atoms with Crippen LogP contribution < -0.4 is 20.7 Å². The molecule has 3 N–H and O–H groups in total. The molecule has 0 saturated carbocycles. The maximum Gasteiger partial charge on any atom is 0.319 e. The molecule has 0 bridgehead atoms. The van der Waals surface area contributed by atoms with Crippen molar-refractivity contribution in [3.63, 3.8) is 0 Å². The molecule has 3 rings (SSSR count). The van der Waals surface area contributed by atoms with E-state index in [1.54, 1.807) is 31.4 Å². The van der Waals surface area contributed by atoms with E-state index in [-0.39, 0.29) is 18.0 Å². The summed E-state index contributed by atoms with van der Waals surface area (Å²) in [4.78, 5) is 24.6. The van der Waals surface area contributed by atoms with Gasteiger partial charge in [-0.2, -0.15) is 0 Å². The van der Waals surface area contributed by atoms with Crippen molar-refractivity contribution in [1.82, 2.24) is 5.32 Å². The lowest BCUT2D eigenvalue weighted by atomic mass is 10.1. The van der Waals surface area contributed by atoms with E-state index in [0.717, 1.165) is 17.0 Å². The zero-order valence-electron chi connectivity index (χ0n) is 17.0. The van der Waals surface area contributed by atoms with Gasteiger partial charge in [0.2, 0.25) is 0 Å². The van der Waals surface area contributed by atoms with Crippen molar-refractivity contribution in [3.8, 4) is 5.75 Å². The number of para-hydroxylation sites is 1. The summed E-state index contributed by atoms with van der Waals surface area (Å²) in [6.07, 6.45) is 0.684. The summed E-state index contributed by atoms with van der Waals surface area (Å²) in [7, 11) is 1.63. The number of amides is 3. The van der Waals surface area contributed by atoms with Gasteiger partial charge in [-0.25, -0.2) is 4.79 Å². The number of carbonyl (C=O) groups is 2. The molecule has 0 spiro atoms. The maximum atomic E-state index is 12.3. The molecule has 30 heavy (non-hydrogen) atoms. The molecule has 3 amide bonds. The average molecular weight is 403 g/mol. The number of ether oxygens (including phenoxy) is 1. The van der Waals surface area contributed by atoms with E-state index >= 15 is 0 Å². The van der Waals surface area contributed by atoms with Crippen molar-refractivity contribution in [2.45, 2.75) is 19.4 Å². The van der Waals surface area contributed by atoms with Crippen LogP contribution in [-0.4, -0.2) is 25.1 Å². The summed E-state index contributed by atoms with van der Waals surface area (Å²) in [5, 5.41) is 8.53. The summed E-state index contributed by atoms with van der Waals surface area (Å²) < 4.78 is 5.23.